The molecular weight excluding hydrogens is 357 g/mol. The molecule has 0 amide bonds. The molecule has 2 aromatic heterocycles. The summed E-state index contributed by atoms with van der Waals surface area (Å²) in [6.07, 6.45) is -3.06. The topological polar surface area (TPSA) is 91.5 Å². The summed E-state index contributed by atoms with van der Waals surface area (Å²) in [5.41, 5.74) is 4.35. The largest absolute Gasteiger partial charge is 0.477 e. The Kier molecular flexibility index (Phi) is 4.50. The van der Waals surface area contributed by atoms with Gasteiger partial charge in [0.15, 0.2) is 0 Å². The van der Waals surface area contributed by atoms with E-state index in [4.69, 9.17) is 10.8 Å². The number of nitrogens with one attached hydrogen (secondary N) is 1. The van der Waals surface area contributed by atoms with Crippen LogP contribution in [-0.4, -0.2) is 42.2 Å². The Hall–Kier alpha value is -2.07. The second kappa shape index (κ2) is 6.34. The van der Waals surface area contributed by atoms with Gasteiger partial charge in [-0.3, -0.25) is 0 Å². The van der Waals surface area contributed by atoms with E-state index < -0.39 is 17.7 Å². The van der Waals surface area contributed by atoms with Gasteiger partial charge in [-0.15, -0.1) is 11.3 Å². The predicted octanol–water partition coefficient (Wildman–Crippen LogP) is 2.78. The number of piperidine rings is 1. The maximum atomic E-state index is 13.5. The molecule has 1 aliphatic heterocycles. The van der Waals surface area contributed by atoms with Gasteiger partial charge in [-0.2, -0.15) is 13.2 Å². The highest BCUT2D eigenvalue weighted by molar-refractivity contribution is 7.21. The van der Waals surface area contributed by atoms with Crippen molar-refractivity contribution in [1.29, 1.82) is 0 Å². The number of hydrogen-bond donors (Lipinski definition) is 3. The van der Waals surface area contributed by atoms with Gasteiger partial charge in [0, 0.05) is 24.5 Å². The number of halogens is 3. The zero-order valence-electron chi connectivity index (χ0n) is 13.4. The SMILES string of the molecule is CNC1CCN(c2cc(C(F)(F)F)c3c(N)c(C(=O)O)sc3n2)CC1. The van der Waals surface area contributed by atoms with Gasteiger partial charge in [0.05, 0.1) is 11.3 Å². The van der Waals surface area contributed by atoms with Crippen molar-refractivity contribution in [2.24, 2.45) is 0 Å². The van der Waals surface area contributed by atoms with Crippen LogP contribution < -0.4 is 16.0 Å². The first-order valence-corrected chi connectivity index (χ1v) is 8.49. The highest BCUT2D eigenvalue weighted by Crippen LogP contribution is 2.43. The van der Waals surface area contributed by atoms with Gasteiger partial charge >= 0.3 is 12.1 Å². The van der Waals surface area contributed by atoms with E-state index in [9.17, 15) is 18.0 Å². The number of alkyl halides is 3. The van der Waals surface area contributed by atoms with Crippen LogP contribution in [0.1, 0.15) is 28.1 Å². The average molecular weight is 374 g/mol. The minimum absolute atomic E-state index is 0.00420. The van der Waals surface area contributed by atoms with Gasteiger partial charge in [-0.25, -0.2) is 9.78 Å². The number of rotatable bonds is 3. The molecule has 0 aliphatic carbocycles. The summed E-state index contributed by atoms with van der Waals surface area (Å²) in [4.78, 5) is 16.9. The number of aromatic nitrogens is 1. The Labute approximate surface area is 145 Å². The molecule has 0 aromatic carbocycles. The number of hydrogen-bond acceptors (Lipinski definition) is 6. The molecule has 6 nitrogen and oxygen atoms in total. The number of anilines is 2. The van der Waals surface area contributed by atoms with Crippen LogP contribution in [0.5, 0.6) is 0 Å². The van der Waals surface area contributed by atoms with Crippen LogP contribution in [0.3, 0.4) is 0 Å². The summed E-state index contributed by atoms with van der Waals surface area (Å²) in [6, 6.07) is 1.30. The van der Waals surface area contributed by atoms with E-state index in [-0.39, 0.29) is 26.6 Å². The van der Waals surface area contributed by atoms with Crippen molar-refractivity contribution >= 4 is 39.0 Å². The summed E-state index contributed by atoms with van der Waals surface area (Å²) in [6.45, 7) is 1.15. The third-order valence-corrected chi connectivity index (χ3v) is 5.50. The van der Waals surface area contributed by atoms with Crippen LogP contribution in [0.15, 0.2) is 6.07 Å². The molecule has 1 aliphatic rings. The van der Waals surface area contributed by atoms with E-state index in [0.717, 1.165) is 18.9 Å². The van der Waals surface area contributed by atoms with Gasteiger partial charge in [-0.1, -0.05) is 0 Å². The van der Waals surface area contributed by atoms with E-state index in [1.807, 2.05) is 7.05 Å². The van der Waals surface area contributed by atoms with E-state index in [1.54, 1.807) is 4.90 Å². The van der Waals surface area contributed by atoms with Crippen molar-refractivity contribution in [2.45, 2.75) is 25.1 Å². The lowest BCUT2D eigenvalue weighted by atomic mass is 10.0. The number of carboxylic acid groups (broad SMARTS) is 1. The third-order valence-electron chi connectivity index (χ3n) is 4.41. The van der Waals surface area contributed by atoms with Crippen molar-refractivity contribution in [3.63, 3.8) is 0 Å². The fraction of sp³-hybridized carbons (Fsp3) is 0.467. The summed E-state index contributed by atoms with van der Waals surface area (Å²) < 4.78 is 40.6. The zero-order valence-corrected chi connectivity index (χ0v) is 14.2. The Morgan fingerprint density at radius 2 is 2.08 bits per heavy atom. The first-order valence-electron chi connectivity index (χ1n) is 7.68. The smallest absolute Gasteiger partial charge is 0.417 e. The van der Waals surface area contributed by atoms with Crippen LogP contribution in [0.2, 0.25) is 0 Å². The lowest BCUT2D eigenvalue weighted by molar-refractivity contribution is -0.136. The Bertz CT molecular complexity index is 813. The number of nitrogens with two attached hydrogens (primary N) is 1. The van der Waals surface area contributed by atoms with Gasteiger partial charge in [-0.05, 0) is 26.0 Å². The molecule has 0 bridgehead atoms. The molecule has 10 heteroatoms. The number of carbonyl (C=O) groups is 1. The number of aromatic carboxylic acids is 1. The van der Waals surface area contributed by atoms with Gasteiger partial charge in [0.1, 0.15) is 15.5 Å². The van der Waals surface area contributed by atoms with Crippen LogP contribution in [-0.2, 0) is 6.18 Å². The second-order valence-electron chi connectivity index (χ2n) is 5.91. The number of thiophene rings is 1. The molecule has 3 rings (SSSR count). The maximum Gasteiger partial charge on any atom is 0.417 e. The van der Waals surface area contributed by atoms with Gasteiger partial charge in [0.2, 0.25) is 0 Å². The molecule has 3 heterocycles. The number of nitrogens with zero attached hydrogens (tertiary/aromatic N) is 2. The molecule has 2 aromatic rings. The van der Waals surface area contributed by atoms with E-state index >= 15 is 0 Å². The highest BCUT2D eigenvalue weighted by atomic mass is 32.1. The maximum absolute atomic E-state index is 13.5. The van der Waals surface area contributed by atoms with Crippen molar-refractivity contribution in [1.82, 2.24) is 10.3 Å². The summed E-state index contributed by atoms with van der Waals surface area (Å²) in [5, 5.41) is 12.0. The fourth-order valence-corrected chi connectivity index (χ4v) is 4.00. The monoisotopic (exact) mass is 374 g/mol. The number of carboxylic acids is 1. The Balaban J connectivity index is 2.11. The normalized spacial score (nSPS) is 16.6. The molecule has 136 valence electrons. The van der Waals surface area contributed by atoms with E-state index in [0.29, 0.717) is 30.5 Å². The predicted molar refractivity (Wildman–Crippen MR) is 90.3 cm³/mol. The fourth-order valence-electron chi connectivity index (χ4n) is 3.05. The van der Waals surface area contributed by atoms with Crippen molar-refractivity contribution in [3.8, 4) is 0 Å². The highest BCUT2D eigenvalue weighted by Gasteiger charge is 2.37. The first-order chi connectivity index (χ1) is 11.7. The minimum atomic E-state index is -4.65. The molecule has 0 atom stereocenters. The van der Waals surface area contributed by atoms with E-state index in [2.05, 4.69) is 10.3 Å². The molecule has 0 saturated carbocycles. The zero-order chi connectivity index (χ0) is 18.4. The summed E-state index contributed by atoms with van der Waals surface area (Å²) >= 11 is 0.671. The standard InChI is InChI=1S/C15H17F3N4O2S/c1-20-7-2-4-22(5-3-7)9-6-8(15(16,17)18)10-11(19)12(14(23)24)25-13(10)21-9/h6-7,20H,2-5,19H2,1H3,(H,23,24). The first kappa shape index (κ1) is 17.7. The quantitative estimate of drug-likeness (QED) is 0.765. The molecule has 0 unspecified atom stereocenters. The molecule has 25 heavy (non-hydrogen) atoms. The third kappa shape index (κ3) is 3.23. The van der Waals surface area contributed by atoms with E-state index in [1.165, 1.54) is 0 Å². The molecule has 0 spiro atoms. The molecule has 1 fully saturated rings. The van der Waals surface area contributed by atoms with Crippen LogP contribution in [0.25, 0.3) is 10.2 Å². The van der Waals surface area contributed by atoms with Crippen LogP contribution >= 0.6 is 11.3 Å². The summed E-state index contributed by atoms with van der Waals surface area (Å²) in [7, 11) is 1.86. The number of pyridine rings is 1. The molecule has 1 saturated heterocycles. The Morgan fingerprint density at radius 3 is 2.60 bits per heavy atom. The van der Waals surface area contributed by atoms with Crippen LogP contribution in [0.4, 0.5) is 24.7 Å². The molecular formula is C15H17F3N4O2S. The van der Waals surface area contributed by atoms with Gasteiger partial charge in [0.25, 0.3) is 0 Å². The Morgan fingerprint density at radius 1 is 1.44 bits per heavy atom. The van der Waals surface area contributed by atoms with Crippen molar-refractivity contribution < 1.29 is 23.1 Å². The van der Waals surface area contributed by atoms with Crippen molar-refractivity contribution in [2.75, 3.05) is 30.8 Å². The minimum Gasteiger partial charge on any atom is -0.477 e. The lowest BCUT2D eigenvalue weighted by Gasteiger charge is -2.33. The van der Waals surface area contributed by atoms with Crippen molar-refractivity contribution in [3.05, 3.63) is 16.5 Å². The summed E-state index contributed by atoms with van der Waals surface area (Å²) in [5.74, 6) is -1.16. The number of fused-ring (bicyclic) bond motifs is 1. The van der Waals surface area contributed by atoms with Gasteiger partial charge < -0.3 is 21.1 Å². The molecule has 0 radical (unpaired) electrons. The molecule has 4 N–H and O–H groups in total. The van der Waals surface area contributed by atoms with Crippen LogP contribution in [0, 0.1) is 0 Å². The number of nitrogen functional groups attached to an aromatic ring is 1. The average Bonchev–Trinajstić information content (AvgIpc) is 2.90. The lowest BCUT2D eigenvalue weighted by Crippen LogP contribution is -2.41. The second-order valence-corrected chi connectivity index (χ2v) is 6.91.